The van der Waals surface area contributed by atoms with Crippen LogP contribution in [-0.4, -0.2) is 37.4 Å². The minimum absolute atomic E-state index is 0.0268. The molecule has 6 heteroatoms. The maximum atomic E-state index is 11.6. The molecule has 0 aromatic heterocycles. The topological polar surface area (TPSA) is 87.7 Å². The van der Waals surface area contributed by atoms with Gasteiger partial charge >= 0.3 is 12.0 Å². The molecule has 0 heterocycles. The summed E-state index contributed by atoms with van der Waals surface area (Å²) in [4.78, 5) is 22.2. The summed E-state index contributed by atoms with van der Waals surface area (Å²) in [5.74, 6) is -0.640. The Morgan fingerprint density at radius 1 is 1.30 bits per heavy atom. The van der Waals surface area contributed by atoms with E-state index in [2.05, 4.69) is 10.6 Å². The molecule has 0 fully saturated rings. The van der Waals surface area contributed by atoms with Gasteiger partial charge in [-0.2, -0.15) is 0 Å². The molecule has 1 aromatic carbocycles. The van der Waals surface area contributed by atoms with Crippen LogP contribution in [0.15, 0.2) is 24.3 Å². The first-order valence-electron chi connectivity index (χ1n) is 6.35. The molecule has 0 spiro atoms. The summed E-state index contributed by atoms with van der Waals surface area (Å²) in [5.41, 5.74) is 1.31. The number of hydrogen-bond donors (Lipinski definition) is 3. The highest BCUT2D eigenvalue weighted by Crippen LogP contribution is 2.10. The monoisotopic (exact) mass is 280 g/mol. The van der Waals surface area contributed by atoms with Gasteiger partial charge in [-0.1, -0.05) is 19.1 Å². The van der Waals surface area contributed by atoms with E-state index in [9.17, 15) is 9.59 Å². The number of hydrogen-bond acceptors (Lipinski definition) is 3. The molecule has 0 aliphatic carbocycles. The summed E-state index contributed by atoms with van der Waals surface area (Å²) >= 11 is 0. The third kappa shape index (κ3) is 6.19. The molecule has 0 aliphatic heterocycles. The average molecular weight is 280 g/mol. The first-order valence-corrected chi connectivity index (χ1v) is 6.35. The highest BCUT2D eigenvalue weighted by molar-refractivity contribution is 5.89. The minimum atomic E-state index is -0.879. The molecule has 1 unspecified atom stereocenters. The second-order valence-corrected chi connectivity index (χ2v) is 4.66. The molecule has 3 N–H and O–H groups in total. The minimum Gasteiger partial charge on any atom is -0.481 e. The number of carboxylic acids is 1. The summed E-state index contributed by atoms with van der Waals surface area (Å²) < 4.78 is 4.98. The number of anilines is 1. The molecule has 0 saturated carbocycles. The number of carboxylic acid groups (broad SMARTS) is 1. The molecule has 20 heavy (non-hydrogen) atoms. The molecule has 0 aliphatic rings. The third-order valence-corrected chi connectivity index (χ3v) is 2.63. The van der Waals surface area contributed by atoms with Crippen molar-refractivity contribution in [3.63, 3.8) is 0 Å². The van der Waals surface area contributed by atoms with E-state index < -0.39 is 5.97 Å². The Kier molecular flexibility index (Phi) is 6.52. The Hall–Kier alpha value is -2.08. The summed E-state index contributed by atoms with van der Waals surface area (Å²) in [6.45, 7) is 3.09. The Labute approximate surface area is 118 Å². The van der Waals surface area contributed by atoms with Crippen molar-refractivity contribution in [1.82, 2.24) is 5.32 Å². The van der Waals surface area contributed by atoms with Crippen LogP contribution >= 0.6 is 0 Å². The van der Waals surface area contributed by atoms with Crippen LogP contribution < -0.4 is 10.6 Å². The van der Waals surface area contributed by atoms with Crippen LogP contribution in [0.3, 0.4) is 0 Å². The van der Waals surface area contributed by atoms with Gasteiger partial charge in [-0.15, -0.1) is 0 Å². The van der Waals surface area contributed by atoms with E-state index in [1.165, 1.54) is 0 Å². The normalized spacial score (nSPS) is 11.7. The van der Waals surface area contributed by atoms with Crippen molar-refractivity contribution in [2.45, 2.75) is 13.3 Å². The maximum absolute atomic E-state index is 11.6. The van der Waals surface area contributed by atoms with E-state index in [0.717, 1.165) is 0 Å². The van der Waals surface area contributed by atoms with Crippen molar-refractivity contribution < 1.29 is 19.4 Å². The van der Waals surface area contributed by atoms with E-state index in [0.29, 0.717) is 24.4 Å². The fourth-order valence-corrected chi connectivity index (χ4v) is 1.67. The number of carbonyl (C=O) groups excluding carboxylic acids is 1. The van der Waals surface area contributed by atoms with Crippen molar-refractivity contribution in [3.8, 4) is 0 Å². The van der Waals surface area contributed by atoms with Crippen molar-refractivity contribution in [3.05, 3.63) is 29.8 Å². The van der Waals surface area contributed by atoms with Gasteiger partial charge in [-0.3, -0.25) is 4.79 Å². The lowest BCUT2D eigenvalue weighted by atomic mass is 10.1. The van der Waals surface area contributed by atoms with Gasteiger partial charge in [0.05, 0.1) is 13.0 Å². The molecule has 0 bridgehead atoms. The fourth-order valence-electron chi connectivity index (χ4n) is 1.67. The van der Waals surface area contributed by atoms with Gasteiger partial charge in [0, 0.05) is 19.3 Å². The largest absolute Gasteiger partial charge is 0.481 e. The van der Waals surface area contributed by atoms with Gasteiger partial charge in [0.25, 0.3) is 0 Å². The zero-order valence-electron chi connectivity index (χ0n) is 11.7. The predicted octanol–water partition coefficient (Wildman–Crippen LogP) is 1.72. The number of methoxy groups -OCH3 is 1. The smallest absolute Gasteiger partial charge is 0.319 e. The second-order valence-electron chi connectivity index (χ2n) is 4.66. The Morgan fingerprint density at radius 3 is 2.50 bits per heavy atom. The van der Waals surface area contributed by atoms with Crippen molar-refractivity contribution in [2.24, 2.45) is 5.92 Å². The molecular formula is C14H20N2O4. The van der Waals surface area contributed by atoms with Crippen LogP contribution in [-0.2, 0) is 16.0 Å². The zero-order valence-corrected chi connectivity index (χ0v) is 11.7. The fraction of sp³-hybridized carbons (Fsp3) is 0.429. The van der Waals surface area contributed by atoms with Gasteiger partial charge < -0.3 is 20.5 Å². The molecule has 1 aromatic rings. The van der Waals surface area contributed by atoms with Crippen molar-refractivity contribution >= 4 is 17.7 Å². The summed E-state index contributed by atoms with van der Waals surface area (Å²) in [7, 11) is 1.62. The summed E-state index contributed by atoms with van der Waals surface area (Å²) in [6, 6.07) is 6.42. The quantitative estimate of drug-likeness (QED) is 0.709. The standard InChI is InChI=1S/C14H20N2O4/c1-10(9-20-2)8-15-14(19)16-12-5-3-11(4-6-12)7-13(17)18/h3-6,10H,7-9H2,1-2H3,(H,17,18)(H2,15,16,19). The molecule has 1 atom stereocenters. The molecule has 6 nitrogen and oxygen atoms in total. The number of aliphatic carboxylic acids is 1. The predicted molar refractivity (Wildman–Crippen MR) is 75.8 cm³/mol. The first-order chi connectivity index (χ1) is 9.51. The SMILES string of the molecule is COCC(C)CNC(=O)Nc1ccc(CC(=O)O)cc1. The number of amides is 2. The van der Waals surface area contributed by atoms with Gasteiger partial charge in [0.2, 0.25) is 0 Å². The number of rotatable bonds is 7. The number of nitrogens with one attached hydrogen (secondary N) is 2. The maximum Gasteiger partial charge on any atom is 0.319 e. The van der Waals surface area contributed by atoms with E-state index >= 15 is 0 Å². The Balaban J connectivity index is 2.40. The molecule has 110 valence electrons. The van der Waals surface area contributed by atoms with Crippen LogP contribution in [0, 0.1) is 5.92 Å². The molecule has 0 radical (unpaired) electrons. The van der Waals surface area contributed by atoms with Crippen molar-refractivity contribution in [2.75, 3.05) is 25.6 Å². The second kappa shape index (κ2) is 8.16. The Bertz CT molecular complexity index is 445. The molecule has 0 saturated heterocycles. The highest BCUT2D eigenvalue weighted by Gasteiger charge is 2.06. The van der Waals surface area contributed by atoms with E-state index in [1.807, 2.05) is 6.92 Å². The van der Waals surface area contributed by atoms with Crippen LogP contribution in [0.2, 0.25) is 0 Å². The van der Waals surface area contributed by atoms with Gasteiger partial charge in [0.1, 0.15) is 0 Å². The van der Waals surface area contributed by atoms with Crippen LogP contribution in [0.1, 0.15) is 12.5 Å². The number of carbonyl (C=O) groups is 2. The van der Waals surface area contributed by atoms with Crippen LogP contribution in [0.4, 0.5) is 10.5 Å². The number of benzene rings is 1. The lowest BCUT2D eigenvalue weighted by Crippen LogP contribution is -2.33. The number of urea groups is 1. The lowest BCUT2D eigenvalue weighted by molar-refractivity contribution is -0.136. The van der Waals surface area contributed by atoms with Crippen molar-refractivity contribution in [1.29, 1.82) is 0 Å². The summed E-state index contributed by atoms with van der Waals surface area (Å²) in [6.07, 6.45) is -0.0268. The highest BCUT2D eigenvalue weighted by atomic mass is 16.5. The zero-order chi connectivity index (χ0) is 15.0. The molecule has 2 amide bonds. The van der Waals surface area contributed by atoms with Gasteiger partial charge in [-0.25, -0.2) is 4.79 Å². The number of ether oxygens (including phenoxy) is 1. The van der Waals surface area contributed by atoms with Gasteiger partial charge in [0.15, 0.2) is 0 Å². The van der Waals surface area contributed by atoms with Crippen LogP contribution in [0.25, 0.3) is 0 Å². The van der Waals surface area contributed by atoms with Crippen LogP contribution in [0.5, 0.6) is 0 Å². The molecular weight excluding hydrogens is 260 g/mol. The van der Waals surface area contributed by atoms with Gasteiger partial charge in [-0.05, 0) is 23.6 Å². The lowest BCUT2D eigenvalue weighted by Gasteiger charge is -2.12. The van der Waals surface area contributed by atoms with E-state index in [1.54, 1.807) is 31.4 Å². The van der Waals surface area contributed by atoms with E-state index in [4.69, 9.17) is 9.84 Å². The average Bonchev–Trinajstić information content (AvgIpc) is 2.38. The summed E-state index contributed by atoms with van der Waals surface area (Å²) in [5, 5.41) is 14.1. The van der Waals surface area contributed by atoms with E-state index in [-0.39, 0.29) is 18.4 Å². The first kappa shape index (κ1) is 16.0. The Morgan fingerprint density at radius 2 is 1.95 bits per heavy atom. The third-order valence-electron chi connectivity index (χ3n) is 2.63. The molecule has 1 rings (SSSR count).